The Morgan fingerprint density at radius 3 is 2.48 bits per heavy atom. The lowest BCUT2D eigenvalue weighted by Gasteiger charge is -2.65. The van der Waals surface area contributed by atoms with Crippen LogP contribution in [0.15, 0.2) is 23.3 Å². The second-order valence-corrected chi connectivity index (χ2v) is 12.3. The molecule has 2 heteroatoms. The Kier molecular flexibility index (Phi) is 6.12. The van der Waals surface area contributed by atoms with Crippen molar-refractivity contribution in [3.63, 3.8) is 0 Å². The van der Waals surface area contributed by atoms with Gasteiger partial charge in [0.25, 0.3) is 0 Å². The third-order valence-electron chi connectivity index (χ3n) is 10.8. The second-order valence-electron chi connectivity index (χ2n) is 12.3. The third kappa shape index (κ3) is 3.25. The third-order valence-corrected chi connectivity index (χ3v) is 10.8. The van der Waals surface area contributed by atoms with Crippen molar-refractivity contribution in [2.45, 2.75) is 99.3 Å². The molecule has 0 aliphatic heterocycles. The zero-order valence-corrected chi connectivity index (χ0v) is 21.0. The van der Waals surface area contributed by atoms with Crippen molar-refractivity contribution < 1.29 is 9.90 Å². The summed E-state index contributed by atoms with van der Waals surface area (Å²) in [5, 5.41) is 10.5. The summed E-state index contributed by atoms with van der Waals surface area (Å²) in [5.74, 6) is 3.36. The molecule has 31 heavy (non-hydrogen) atoms. The molecule has 0 aromatic rings. The van der Waals surface area contributed by atoms with Gasteiger partial charge in [-0.2, -0.15) is 0 Å². The zero-order valence-electron chi connectivity index (χ0n) is 21.0. The fourth-order valence-electron chi connectivity index (χ4n) is 9.40. The number of carbonyl (C=O) groups excluding carboxylic acids is 1. The van der Waals surface area contributed by atoms with Gasteiger partial charge in [-0.05, 0) is 97.9 Å². The van der Waals surface area contributed by atoms with E-state index in [9.17, 15) is 9.90 Å². The summed E-state index contributed by atoms with van der Waals surface area (Å²) in [7, 11) is 0. The molecule has 3 fully saturated rings. The number of aliphatic hydroxyl groups is 1. The molecular formula is C29H46O2. The highest BCUT2D eigenvalue weighted by atomic mass is 16.3. The van der Waals surface area contributed by atoms with E-state index in [-0.39, 0.29) is 17.9 Å². The van der Waals surface area contributed by atoms with E-state index in [2.05, 4.69) is 53.7 Å². The number of allylic oxidation sites excluding steroid dienone is 3. The highest BCUT2D eigenvalue weighted by Crippen LogP contribution is 2.70. The normalized spacial score (nSPS) is 45.2. The Hall–Kier alpha value is -0.890. The van der Waals surface area contributed by atoms with Crippen LogP contribution in [0, 0.1) is 45.8 Å². The van der Waals surface area contributed by atoms with Crippen LogP contribution in [0.3, 0.4) is 0 Å². The first kappa shape index (κ1) is 23.3. The van der Waals surface area contributed by atoms with Crippen molar-refractivity contribution in [1.82, 2.24) is 0 Å². The van der Waals surface area contributed by atoms with Gasteiger partial charge in [0, 0.05) is 11.8 Å². The van der Waals surface area contributed by atoms with Crippen LogP contribution in [0.25, 0.3) is 0 Å². The summed E-state index contributed by atoms with van der Waals surface area (Å²) < 4.78 is 0. The van der Waals surface area contributed by atoms with Crippen LogP contribution < -0.4 is 0 Å². The van der Waals surface area contributed by atoms with Gasteiger partial charge in [-0.3, -0.25) is 4.79 Å². The molecular weight excluding hydrogens is 380 g/mol. The number of hydrogen-bond acceptors (Lipinski definition) is 2. The first-order chi connectivity index (χ1) is 14.7. The summed E-state index contributed by atoms with van der Waals surface area (Å²) >= 11 is 0. The summed E-state index contributed by atoms with van der Waals surface area (Å²) in [5.41, 5.74) is 3.01. The minimum absolute atomic E-state index is 0.157. The fourth-order valence-corrected chi connectivity index (χ4v) is 9.40. The van der Waals surface area contributed by atoms with Crippen molar-refractivity contribution >= 4 is 5.78 Å². The molecule has 0 bridgehead atoms. The van der Waals surface area contributed by atoms with Crippen molar-refractivity contribution in [2.75, 3.05) is 6.61 Å². The second kappa shape index (κ2) is 8.15. The van der Waals surface area contributed by atoms with Gasteiger partial charge in [0.15, 0.2) is 5.78 Å². The molecule has 7 atom stereocenters. The zero-order chi connectivity index (χ0) is 22.6. The van der Waals surface area contributed by atoms with Crippen LogP contribution in [-0.4, -0.2) is 17.5 Å². The molecule has 0 radical (unpaired) electrons. The predicted octanol–water partition coefficient (Wildman–Crippen LogP) is 7.13. The molecule has 0 amide bonds. The maximum absolute atomic E-state index is 13.1. The van der Waals surface area contributed by atoms with Crippen molar-refractivity contribution in [1.29, 1.82) is 0 Å². The Labute approximate surface area is 191 Å². The van der Waals surface area contributed by atoms with Crippen LogP contribution >= 0.6 is 0 Å². The first-order valence-corrected chi connectivity index (χ1v) is 13.2. The van der Waals surface area contributed by atoms with E-state index in [1.807, 2.05) is 0 Å². The topological polar surface area (TPSA) is 37.3 Å². The molecule has 4 rings (SSSR count). The van der Waals surface area contributed by atoms with Gasteiger partial charge in [0.1, 0.15) is 0 Å². The van der Waals surface area contributed by atoms with Gasteiger partial charge in [0.2, 0.25) is 0 Å². The van der Waals surface area contributed by atoms with Crippen molar-refractivity contribution in [3.8, 4) is 0 Å². The lowest BCUT2D eigenvalue weighted by Crippen LogP contribution is -2.57. The quantitative estimate of drug-likeness (QED) is 0.475. The lowest BCUT2D eigenvalue weighted by molar-refractivity contribution is -0.140. The summed E-state index contributed by atoms with van der Waals surface area (Å²) in [6.07, 6.45) is 15.1. The van der Waals surface area contributed by atoms with Crippen LogP contribution in [0.4, 0.5) is 0 Å². The summed E-state index contributed by atoms with van der Waals surface area (Å²) in [6.45, 7) is 14.3. The lowest BCUT2D eigenvalue weighted by atomic mass is 9.40. The molecule has 4 aliphatic rings. The number of Topliss-reactive ketones (excluding diaryl/α,β-unsaturated/α-hetero) is 1. The van der Waals surface area contributed by atoms with Crippen LogP contribution in [0.2, 0.25) is 0 Å². The monoisotopic (exact) mass is 426 g/mol. The molecule has 0 aromatic carbocycles. The largest absolute Gasteiger partial charge is 0.395 e. The van der Waals surface area contributed by atoms with E-state index in [1.54, 1.807) is 0 Å². The fraction of sp³-hybridized carbons (Fsp3) is 0.828. The average molecular weight is 427 g/mol. The molecule has 2 nitrogen and oxygen atoms in total. The number of rotatable bonds is 5. The first-order valence-electron chi connectivity index (χ1n) is 13.2. The van der Waals surface area contributed by atoms with Crippen molar-refractivity contribution in [3.05, 3.63) is 23.3 Å². The van der Waals surface area contributed by atoms with Crippen LogP contribution in [-0.2, 0) is 4.79 Å². The molecule has 0 spiro atoms. The minimum Gasteiger partial charge on any atom is -0.395 e. The van der Waals surface area contributed by atoms with Crippen LogP contribution in [0.1, 0.15) is 99.3 Å². The maximum atomic E-state index is 13.1. The highest BCUT2D eigenvalue weighted by Gasteiger charge is 2.62. The molecule has 0 aromatic heterocycles. The SMILES string of the molecule is C/C=C\CC1(C)C(CC)CCC2(C)C3CCC4(CO)CC(=O)C(C(C)C)=C4C3CCC12. The number of fused-ring (bicyclic) bond motifs is 5. The van der Waals surface area contributed by atoms with Gasteiger partial charge < -0.3 is 5.11 Å². The van der Waals surface area contributed by atoms with E-state index < -0.39 is 0 Å². The van der Waals surface area contributed by atoms with E-state index in [4.69, 9.17) is 0 Å². The number of hydrogen-bond donors (Lipinski definition) is 1. The molecule has 174 valence electrons. The highest BCUT2D eigenvalue weighted by molar-refractivity contribution is 6.00. The molecule has 4 aliphatic carbocycles. The predicted molar refractivity (Wildman–Crippen MR) is 129 cm³/mol. The van der Waals surface area contributed by atoms with Gasteiger partial charge in [-0.1, -0.05) is 58.8 Å². The van der Waals surface area contributed by atoms with Crippen molar-refractivity contribution in [2.24, 2.45) is 45.8 Å². The van der Waals surface area contributed by atoms with E-state index in [0.717, 1.165) is 23.8 Å². The summed E-state index contributed by atoms with van der Waals surface area (Å²) in [4.78, 5) is 13.1. The Bertz CT molecular complexity index is 776. The maximum Gasteiger partial charge on any atom is 0.160 e. The Balaban J connectivity index is 1.77. The molecule has 0 heterocycles. The minimum atomic E-state index is -0.240. The van der Waals surface area contributed by atoms with Gasteiger partial charge in [0.05, 0.1) is 6.61 Å². The van der Waals surface area contributed by atoms with E-state index in [0.29, 0.717) is 34.9 Å². The standard InChI is InChI=1S/C29H46O2/c1-7-9-14-27(5)20(8-2)12-15-28(6)22-13-16-29(18-30)17-23(31)25(19(3)4)26(29)21(22)10-11-24(27)28/h7,9,19-22,24,30H,8,10-18H2,1-6H3/b9-7-. The number of ketones is 1. The smallest absolute Gasteiger partial charge is 0.160 e. The average Bonchev–Trinajstić information content (AvgIpc) is 3.05. The van der Waals surface area contributed by atoms with E-state index >= 15 is 0 Å². The molecule has 7 unspecified atom stereocenters. The Morgan fingerprint density at radius 1 is 1.13 bits per heavy atom. The molecule has 3 saturated carbocycles. The van der Waals surface area contributed by atoms with Gasteiger partial charge in [-0.15, -0.1) is 0 Å². The molecule has 1 N–H and O–H groups in total. The Morgan fingerprint density at radius 2 is 1.87 bits per heavy atom. The van der Waals surface area contributed by atoms with Crippen LogP contribution in [0.5, 0.6) is 0 Å². The van der Waals surface area contributed by atoms with E-state index in [1.165, 1.54) is 50.5 Å². The van der Waals surface area contributed by atoms with Gasteiger partial charge >= 0.3 is 0 Å². The van der Waals surface area contributed by atoms with Gasteiger partial charge in [-0.25, -0.2) is 0 Å². The number of carbonyl (C=O) groups is 1. The summed E-state index contributed by atoms with van der Waals surface area (Å²) in [6, 6.07) is 0. The molecule has 0 saturated heterocycles. The number of aliphatic hydroxyl groups excluding tert-OH is 1.